The number of carbonyl (C=O) groups excluding carboxylic acids is 4. The van der Waals surface area contributed by atoms with Gasteiger partial charge in [0.25, 0.3) is 5.91 Å². The number of benzene rings is 3. The number of aromatic amines is 2. The lowest BCUT2D eigenvalue weighted by Gasteiger charge is -2.52. The zero-order chi connectivity index (χ0) is 45.1. The van der Waals surface area contributed by atoms with E-state index in [0.29, 0.717) is 24.7 Å². The Morgan fingerprint density at radius 3 is 1.77 bits per heavy atom. The van der Waals surface area contributed by atoms with Gasteiger partial charge in [-0.3, -0.25) is 9.59 Å². The van der Waals surface area contributed by atoms with Crippen LogP contribution in [0.5, 0.6) is 0 Å². The number of methoxy groups -OCH3 is 1. The van der Waals surface area contributed by atoms with E-state index in [2.05, 4.69) is 98.3 Å². The van der Waals surface area contributed by atoms with Crippen LogP contribution in [-0.2, 0) is 24.5 Å². The minimum absolute atomic E-state index is 0.126. The van der Waals surface area contributed by atoms with Crippen LogP contribution in [0.3, 0.4) is 0 Å². The topological polar surface area (TPSA) is 178 Å². The normalized spacial score (nSPS) is 19.0. The van der Waals surface area contributed by atoms with Gasteiger partial charge in [0.15, 0.2) is 6.10 Å². The number of likely N-dealkylation sites (tertiary alicyclic amines) is 2. The number of carbonyl (C=O) groups is 4. The molecule has 3 aromatic carbocycles. The fraction of sp³-hybridized carbons (Fsp3) is 0.429. The lowest BCUT2D eigenvalue weighted by molar-refractivity contribution is -0.143. The number of para-hydroxylation sites is 1. The van der Waals surface area contributed by atoms with Gasteiger partial charge in [0.2, 0.25) is 5.91 Å². The van der Waals surface area contributed by atoms with Crippen molar-refractivity contribution in [2.45, 2.75) is 83.0 Å². The Balaban J connectivity index is 1.07. The summed E-state index contributed by atoms with van der Waals surface area (Å²) >= 11 is 0. The van der Waals surface area contributed by atoms with E-state index in [4.69, 9.17) is 19.4 Å². The molecule has 3 saturated heterocycles. The summed E-state index contributed by atoms with van der Waals surface area (Å²) in [5.41, 5.74) is 6.83. The van der Waals surface area contributed by atoms with Crippen LogP contribution in [0.4, 0.5) is 15.3 Å². The number of H-pyrrole nitrogens is 2. The zero-order valence-corrected chi connectivity index (χ0v) is 37.5. The molecule has 3 fully saturated rings. The van der Waals surface area contributed by atoms with Crippen molar-refractivity contribution in [2.75, 3.05) is 45.2 Å². The standard InChI is InChI=1S/C49H59N9O6/c1-30(2)41(55-48(62)63-6)45(59)57-22-12-20-39(57)43-51-26-37(53-43)32-14-10-16-34(24-32)49(28-56(29-49)36-18-8-7-9-19-36)35-17-11-15-33(25-35)38-27-52-44(54-38)40-21-13-23-58(40)46(60)42(31(3)4)64-47(61)50-5/h7-11,14-19,24-27,30-31,39-42H,12-13,20-23,28-29H2,1-6H3,(H,50,61)(H,51,53)(H,52,54)(H,55,62)/t39-,40-,41-,42-/m0/s1. The first-order valence-electron chi connectivity index (χ1n) is 22.4. The molecule has 0 unspecified atom stereocenters. The number of imidazole rings is 2. The molecule has 0 spiro atoms. The first-order valence-corrected chi connectivity index (χ1v) is 22.4. The van der Waals surface area contributed by atoms with Gasteiger partial charge in [0.1, 0.15) is 17.7 Å². The molecule has 15 heteroatoms. The summed E-state index contributed by atoms with van der Waals surface area (Å²) in [7, 11) is 2.78. The van der Waals surface area contributed by atoms with Crippen molar-refractivity contribution < 1.29 is 28.7 Å². The summed E-state index contributed by atoms with van der Waals surface area (Å²) in [4.78, 5) is 74.7. The summed E-state index contributed by atoms with van der Waals surface area (Å²) in [6.45, 7) is 10.2. The highest BCUT2D eigenvalue weighted by Gasteiger charge is 2.47. The van der Waals surface area contributed by atoms with Crippen molar-refractivity contribution in [3.63, 3.8) is 0 Å². The highest BCUT2D eigenvalue weighted by Crippen LogP contribution is 2.45. The van der Waals surface area contributed by atoms with Gasteiger partial charge in [-0.15, -0.1) is 0 Å². The minimum Gasteiger partial charge on any atom is -0.453 e. The van der Waals surface area contributed by atoms with E-state index >= 15 is 0 Å². The second kappa shape index (κ2) is 18.6. The number of nitrogens with one attached hydrogen (secondary N) is 4. The Hall–Kier alpha value is -6.64. The van der Waals surface area contributed by atoms with E-state index in [-0.39, 0.29) is 41.1 Å². The smallest absolute Gasteiger partial charge is 0.407 e. The summed E-state index contributed by atoms with van der Waals surface area (Å²) in [6.07, 6.45) is 4.69. The Labute approximate surface area is 374 Å². The zero-order valence-electron chi connectivity index (χ0n) is 37.5. The van der Waals surface area contributed by atoms with Gasteiger partial charge < -0.3 is 44.8 Å². The molecule has 3 aliphatic rings. The number of hydrogen-bond acceptors (Lipinski definition) is 9. The minimum atomic E-state index is -0.899. The Bertz CT molecular complexity index is 2310. The molecule has 64 heavy (non-hydrogen) atoms. The van der Waals surface area contributed by atoms with Crippen LogP contribution >= 0.6 is 0 Å². The van der Waals surface area contributed by atoms with E-state index in [1.807, 2.05) is 51.1 Å². The average Bonchev–Trinajstić information content (AvgIpc) is 4.14. The first-order chi connectivity index (χ1) is 30.9. The molecular weight excluding hydrogens is 811 g/mol. The number of aromatic nitrogens is 4. The highest BCUT2D eigenvalue weighted by atomic mass is 16.6. The van der Waals surface area contributed by atoms with E-state index < -0.39 is 24.3 Å². The highest BCUT2D eigenvalue weighted by molar-refractivity contribution is 5.86. The summed E-state index contributed by atoms with van der Waals surface area (Å²) in [5, 5.41) is 5.19. The molecule has 4 atom stereocenters. The molecule has 0 aliphatic carbocycles. The van der Waals surface area contributed by atoms with E-state index in [9.17, 15) is 19.2 Å². The quantitative estimate of drug-likeness (QED) is 0.0942. The van der Waals surface area contributed by atoms with Crippen molar-refractivity contribution in [3.05, 3.63) is 114 Å². The van der Waals surface area contributed by atoms with Crippen molar-refractivity contribution in [3.8, 4) is 22.5 Å². The second-order valence-corrected chi connectivity index (χ2v) is 17.9. The van der Waals surface area contributed by atoms with Gasteiger partial charge >= 0.3 is 12.2 Å². The SMILES string of the molecule is CNC(=O)O[C@H](C(=O)N1CCC[C@H]1c1ncc(-c2cccc(C3(c4cccc(-c5cnc([C@@H]6CCCN6C(=O)[C@@H](NC(=O)OC)C(C)C)[nH]5)c4)CN(c4ccccc4)C3)c2)[nH]1)C(C)C. The third-order valence-electron chi connectivity index (χ3n) is 13.1. The largest absolute Gasteiger partial charge is 0.453 e. The predicted octanol–water partition coefficient (Wildman–Crippen LogP) is 7.36. The van der Waals surface area contributed by atoms with Crippen LogP contribution in [0.15, 0.2) is 91.3 Å². The van der Waals surface area contributed by atoms with E-state index in [1.54, 1.807) is 4.90 Å². The van der Waals surface area contributed by atoms with Crippen LogP contribution in [0.25, 0.3) is 22.5 Å². The summed E-state index contributed by atoms with van der Waals surface area (Å²) in [5.74, 6) is 0.734. The summed E-state index contributed by atoms with van der Waals surface area (Å²) in [6, 6.07) is 26.5. The lowest BCUT2D eigenvalue weighted by Crippen LogP contribution is -2.60. The van der Waals surface area contributed by atoms with Crippen LogP contribution in [-0.4, -0.2) is 106 Å². The number of rotatable bonds is 13. The molecule has 336 valence electrons. The number of nitrogens with zero attached hydrogens (tertiary/aromatic N) is 5. The van der Waals surface area contributed by atoms with Crippen molar-refractivity contribution in [1.82, 2.24) is 40.4 Å². The molecule has 15 nitrogen and oxygen atoms in total. The van der Waals surface area contributed by atoms with Crippen molar-refractivity contribution >= 4 is 29.7 Å². The van der Waals surface area contributed by atoms with Crippen molar-refractivity contribution in [2.24, 2.45) is 11.8 Å². The number of amides is 4. The molecule has 3 aliphatic heterocycles. The van der Waals surface area contributed by atoms with Crippen molar-refractivity contribution in [1.29, 1.82) is 0 Å². The van der Waals surface area contributed by atoms with Crippen LogP contribution in [0.1, 0.15) is 88.2 Å². The maximum absolute atomic E-state index is 13.8. The molecule has 5 heterocycles. The molecule has 0 bridgehead atoms. The Morgan fingerprint density at radius 1 is 0.719 bits per heavy atom. The monoisotopic (exact) mass is 869 g/mol. The maximum Gasteiger partial charge on any atom is 0.407 e. The number of ether oxygens (including phenoxy) is 2. The van der Waals surface area contributed by atoms with Crippen LogP contribution in [0.2, 0.25) is 0 Å². The van der Waals surface area contributed by atoms with Gasteiger partial charge in [0.05, 0.1) is 48.4 Å². The van der Waals surface area contributed by atoms with Crippen LogP contribution < -0.4 is 15.5 Å². The lowest BCUT2D eigenvalue weighted by atomic mass is 9.67. The van der Waals surface area contributed by atoms with E-state index in [0.717, 1.165) is 67.0 Å². The molecule has 4 N–H and O–H groups in total. The maximum atomic E-state index is 13.8. The molecule has 2 aromatic heterocycles. The predicted molar refractivity (Wildman–Crippen MR) is 243 cm³/mol. The molecule has 0 radical (unpaired) electrons. The molecular formula is C49H59N9O6. The van der Waals surface area contributed by atoms with Gasteiger partial charge in [-0.25, -0.2) is 19.6 Å². The number of hydrogen-bond donors (Lipinski definition) is 4. The van der Waals surface area contributed by atoms with Gasteiger partial charge in [-0.1, -0.05) is 82.3 Å². The molecule has 5 aromatic rings. The number of alkyl carbamates (subject to hydrolysis) is 2. The van der Waals surface area contributed by atoms with E-state index in [1.165, 1.54) is 25.3 Å². The Morgan fingerprint density at radius 2 is 1.27 bits per heavy atom. The van der Waals surface area contributed by atoms with Crippen LogP contribution in [0, 0.1) is 11.8 Å². The second-order valence-electron chi connectivity index (χ2n) is 17.9. The first kappa shape index (κ1) is 44.0. The van der Waals surface area contributed by atoms with Gasteiger partial charge in [0, 0.05) is 38.9 Å². The Kier molecular flexibility index (Phi) is 12.8. The summed E-state index contributed by atoms with van der Waals surface area (Å²) < 4.78 is 10.3. The third-order valence-corrected chi connectivity index (χ3v) is 13.1. The third kappa shape index (κ3) is 8.67. The van der Waals surface area contributed by atoms with Gasteiger partial charge in [-0.05, 0) is 84.0 Å². The number of anilines is 1. The fourth-order valence-corrected chi connectivity index (χ4v) is 9.55. The molecule has 4 amide bonds. The molecule has 8 rings (SSSR count). The fourth-order valence-electron chi connectivity index (χ4n) is 9.55. The van der Waals surface area contributed by atoms with Gasteiger partial charge in [-0.2, -0.15) is 0 Å². The molecule has 0 saturated carbocycles. The average molecular weight is 870 g/mol.